The monoisotopic (exact) mass is 435 g/mol. The molecule has 1 unspecified atom stereocenters. The van der Waals surface area contributed by atoms with Crippen molar-refractivity contribution in [2.45, 2.75) is 19.6 Å². The SMILES string of the molecule is CC(=O)NCC1CN(c2ccc(-c3ccc(CNS(C)(=O)=O)cc3)c(F)c2)C(=O)O1. The standard InChI is InChI=1S/C20H22FN3O5S/c1-13(25)22-11-17-12-24(20(26)29-17)16-7-8-18(19(21)9-16)15-5-3-14(4-6-15)10-23-30(2,27)28/h3-9,17,23H,10-12H2,1-2H3,(H,22,25). The second-order valence-electron chi connectivity index (χ2n) is 7.01. The van der Waals surface area contributed by atoms with Crippen LogP contribution in [0.3, 0.4) is 0 Å². The average Bonchev–Trinajstić information content (AvgIpc) is 3.05. The number of rotatable bonds is 7. The normalized spacial score (nSPS) is 16.4. The van der Waals surface area contributed by atoms with E-state index < -0.39 is 28.0 Å². The molecule has 3 rings (SSSR count). The topological polar surface area (TPSA) is 105 Å². The highest BCUT2D eigenvalue weighted by Gasteiger charge is 2.32. The van der Waals surface area contributed by atoms with Gasteiger partial charge in [0.15, 0.2) is 0 Å². The van der Waals surface area contributed by atoms with E-state index in [0.29, 0.717) is 16.8 Å². The van der Waals surface area contributed by atoms with Gasteiger partial charge in [-0.05, 0) is 29.3 Å². The fourth-order valence-corrected chi connectivity index (χ4v) is 3.45. The number of ether oxygens (including phenoxy) is 1. The Morgan fingerprint density at radius 1 is 1.23 bits per heavy atom. The highest BCUT2D eigenvalue weighted by Crippen LogP contribution is 2.29. The fraction of sp³-hybridized carbons (Fsp3) is 0.300. The van der Waals surface area contributed by atoms with Gasteiger partial charge >= 0.3 is 6.09 Å². The molecule has 1 fully saturated rings. The molecule has 0 radical (unpaired) electrons. The molecule has 0 saturated carbocycles. The van der Waals surface area contributed by atoms with Crippen molar-refractivity contribution in [2.75, 3.05) is 24.2 Å². The van der Waals surface area contributed by atoms with Gasteiger partial charge in [-0.15, -0.1) is 0 Å². The summed E-state index contributed by atoms with van der Waals surface area (Å²) in [7, 11) is -3.29. The first-order valence-electron chi connectivity index (χ1n) is 9.18. The number of hydrogen-bond acceptors (Lipinski definition) is 5. The second-order valence-corrected chi connectivity index (χ2v) is 8.84. The van der Waals surface area contributed by atoms with E-state index in [1.54, 1.807) is 36.4 Å². The van der Waals surface area contributed by atoms with Crippen molar-refractivity contribution >= 4 is 27.7 Å². The van der Waals surface area contributed by atoms with E-state index in [0.717, 1.165) is 11.8 Å². The van der Waals surface area contributed by atoms with E-state index in [9.17, 15) is 22.4 Å². The summed E-state index contributed by atoms with van der Waals surface area (Å²) in [6.45, 7) is 1.92. The first-order valence-corrected chi connectivity index (χ1v) is 11.1. The molecular formula is C20H22FN3O5S. The lowest BCUT2D eigenvalue weighted by Crippen LogP contribution is -2.33. The number of nitrogens with one attached hydrogen (secondary N) is 2. The maximum Gasteiger partial charge on any atom is 0.414 e. The van der Waals surface area contributed by atoms with E-state index in [1.807, 2.05) is 0 Å². The average molecular weight is 435 g/mol. The van der Waals surface area contributed by atoms with Crippen molar-refractivity contribution in [3.8, 4) is 11.1 Å². The molecule has 0 aliphatic carbocycles. The third-order valence-electron chi connectivity index (χ3n) is 4.52. The van der Waals surface area contributed by atoms with Crippen LogP contribution in [-0.2, 0) is 26.1 Å². The van der Waals surface area contributed by atoms with Crippen LogP contribution in [0.4, 0.5) is 14.9 Å². The summed E-state index contributed by atoms with van der Waals surface area (Å²) < 4.78 is 44.7. The van der Waals surface area contributed by atoms with Crippen LogP contribution in [0.15, 0.2) is 42.5 Å². The molecule has 0 spiro atoms. The molecule has 1 aliphatic heterocycles. The predicted octanol–water partition coefficient (Wildman–Crippen LogP) is 2.00. The Hall–Kier alpha value is -2.98. The maximum absolute atomic E-state index is 14.7. The van der Waals surface area contributed by atoms with Crippen LogP contribution in [0.5, 0.6) is 0 Å². The van der Waals surface area contributed by atoms with Gasteiger partial charge in [0.25, 0.3) is 0 Å². The molecule has 2 amide bonds. The van der Waals surface area contributed by atoms with Crippen LogP contribution in [0.25, 0.3) is 11.1 Å². The van der Waals surface area contributed by atoms with Crippen LogP contribution < -0.4 is 14.9 Å². The van der Waals surface area contributed by atoms with Gasteiger partial charge in [0, 0.05) is 19.0 Å². The van der Waals surface area contributed by atoms with Crippen molar-refractivity contribution < 1.29 is 27.1 Å². The minimum absolute atomic E-state index is 0.150. The molecule has 8 nitrogen and oxygen atoms in total. The van der Waals surface area contributed by atoms with Gasteiger partial charge in [0.05, 0.1) is 25.0 Å². The number of amides is 2. The molecular weight excluding hydrogens is 413 g/mol. The van der Waals surface area contributed by atoms with Gasteiger partial charge in [-0.2, -0.15) is 0 Å². The van der Waals surface area contributed by atoms with Gasteiger partial charge in [0.2, 0.25) is 15.9 Å². The molecule has 160 valence electrons. The van der Waals surface area contributed by atoms with Crippen molar-refractivity contribution in [3.63, 3.8) is 0 Å². The zero-order chi connectivity index (χ0) is 21.9. The fourth-order valence-electron chi connectivity index (χ4n) is 3.02. The van der Waals surface area contributed by atoms with Gasteiger partial charge in [-0.1, -0.05) is 24.3 Å². The molecule has 1 heterocycles. The Labute approximate surface area is 174 Å². The summed E-state index contributed by atoms with van der Waals surface area (Å²) in [6, 6.07) is 11.3. The Balaban J connectivity index is 1.71. The summed E-state index contributed by atoms with van der Waals surface area (Å²) >= 11 is 0. The molecule has 30 heavy (non-hydrogen) atoms. The van der Waals surface area contributed by atoms with Gasteiger partial charge < -0.3 is 10.1 Å². The van der Waals surface area contributed by atoms with Gasteiger partial charge in [-0.25, -0.2) is 22.3 Å². The maximum atomic E-state index is 14.7. The number of anilines is 1. The van der Waals surface area contributed by atoms with Crippen molar-refractivity contribution in [1.29, 1.82) is 0 Å². The quantitative estimate of drug-likeness (QED) is 0.692. The van der Waals surface area contributed by atoms with E-state index in [4.69, 9.17) is 4.74 Å². The van der Waals surface area contributed by atoms with E-state index in [1.165, 1.54) is 17.9 Å². The first-order chi connectivity index (χ1) is 14.1. The summed E-state index contributed by atoms with van der Waals surface area (Å²) in [5.41, 5.74) is 2.07. The van der Waals surface area contributed by atoms with Crippen LogP contribution in [0.2, 0.25) is 0 Å². The van der Waals surface area contributed by atoms with Gasteiger partial charge in [-0.3, -0.25) is 9.69 Å². The van der Waals surface area contributed by atoms with Crippen LogP contribution in [0, 0.1) is 5.82 Å². The van der Waals surface area contributed by atoms with E-state index >= 15 is 0 Å². The Morgan fingerprint density at radius 3 is 2.53 bits per heavy atom. The third kappa shape index (κ3) is 5.55. The lowest BCUT2D eigenvalue weighted by molar-refractivity contribution is -0.119. The van der Waals surface area contributed by atoms with Crippen LogP contribution in [-0.4, -0.2) is 45.9 Å². The lowest BCUT2D eigenvalue weighted by Gasteiger charge is -2.14. The highest BCUT2D eigenvalue weighted by molar-refractivity contribution is 7.88. The van der Waals surface area contributed by atoms with Crippen molar-refractivity contribution in [1.82, 2.24) is 10.0 Å². The lowest BCUT2D eigenvalue weighted by atomic mass is 10.0. The minimum atomic E-state index is -3.29. The van der Waals surface area contributed by atoms with Crippen molar-refractivity contribution in [3.05, 3.63) is 53.8 Å². The molecule has 2 aromatic rings. The van der Waals surface area contributed by atoms with Crippen molar-refractivity contribution in [2.24, 2.45) is 0 Å². The number of carbonyl (C=O) groups is 2. The second kappa shape index (κ2) is 8.80. The summed E-state index contributed by atoms with van der Waals surface area (Å²) in [5.74, 6) is -0.731. The summed E-state index contributed by atoms with van der Waals surface area (Å²) in [5, 5.41) is 2.59. The number of benzene rings is 2. The minimum Gasteiger partial charge on any atom is -0.442 e. The molecule has 2 N–H and O–H groups in total. The Bertz CT molecular complexity index is 1060. The number of halogens is 1. The largest absolute Gasteiger partial charge is 0.442 e. The first kappa shape index (κ1) is 21.7. The summed E-state index contributed by atoms with van der Waals surface area (Å²) in [4.78, 5) is 24.4. The van der Waals surface area contributed by atoms with Crippen LogP contribution in [0.1, 0.15) is 12.5 Å². The molecule has 0 aromatic heterocycles. The van der Waals surface area contributed by atoms with E-state index in [2.05, 4.69) is 10.0 Å². The number of cyclic esters (lactones) is 1. The molecule has 10 heteroatoms. The zero-order valence-electron chi connectivity index (χ0n) is 16.5. The Kier molecular flexibility index (Phi) is 6.37. The smallest absolute Gasteiger partial charge is 0.414 e. The number of hydrogen-bond donors (Lipinski definition) is 2. The predicted molar refractivity (Wildman–Crippen MR) is 110 cm³/mol. The molecule has 1 atom stereocenters. The highest BCUT2D eigenvalue weighted by atomic mass is 32.2. The number of sulfonamides is 1. The molecule has 0 bridgehead atoms. The molecule has 2 aromatic carbocycles. The Morgan fingerprint density at radius 2 is 1.93 bits per heavy atom. The summed E-state index contributed by atoms with van der Waals surface area (Å²) in [6.07, 6.45) is -0.0197. The zero-order valence-corrected chi connectivity index (χ0v) is 17.3. The number of nitrogens with zero attached hydrogens (tertiary/aromatic N) is 1. The molecule has 1 aliphatic rings. The van der Waals surface area contributed by atoms with E-state index in [-0.39, 0.29) is 25.5 Å². The van der Waals surface area contributed by atoms with Gasteiger partial charge in [0.1, 0.15) is 11.9 Å². The van der Waals surface area contributed by atoms with Crippen LogP contribution >= 0.6 is 0 Å². The molecule has 1 saturated heterocycles. The number of carbonyl (C=O) groups excluding carboxylic acids is 2. The third-order valence-corrected chi connectivity index (χ3v) is 5.19.